The minimum absolute atomic E-state index is 0.0254. The van der Waals surface area contributed by atoms with Crippen molar-refractivity contribution in [3.63, 3.8) is 0 Å². The maximum Gasteiger partial charge on any atom is 0.306 e. The molecule has 0 fully saturated rings. The van der Waals surface area contributed by atoms with E-state index in [4.69, 9.17) is 18.5 Å². The Kier molecular flexibility index (Phi) is 68.1. The molecule has 0 aliphatic carbocycles. The Bertz CT molecular complexity index is 1470. The number of nitrogens with zero attached hydrogens (tertiary/aromatic N) is 1. The number of carbonyl (C=O) groups is 2. The molecule has 0 heterocycles. The van der Waals surface area contributed by atoms with Crippen molar-refractivity contribution >= 4 is 19.8 Å². The fraction of sp³-hybridized carbons (Fsp3) is 0.948. The van der Waals surface area contributed by atoms with Crippen molar-refractivity contribution in [1.29, 1.82) is 0 Å². The van der Waals surface area contributed by atoms with E-state index >= 15 is 0 Å². The number of ether oxygens (including phenoxy) is 2. The highest BCUT2D eigenvalue weighted by Gasteiger charge is 2.22. The molecule has 0 spiro atoms. The predicted molar refractivity (Wildman–Crippen MR) is 375 cm³/mol. The van der Waals surface area contributed by atoms with Gasteiger partial charge in [0.2, 0.25) is 0 Å². The van der Waals surface area contributed by atoms with Crippen LogP contribution in [0.1, 0.15) is 418 Å². The maximum absolute atomic E-state index is 12.9. The number of phosphoric acid groups is 1. The Morgan fingerprint density at radius 3 is 0.851 bits per heavy atom. The van der Waals surface area contributed by atoms with Gasteiger partial charge in [-0.1, -0.05) is 379 Å². The highest BCUT2D eigenvalue weighted by molar-refractivity contribution is 7.45. The van der Waals surface area contributed by atoms with E-state index in [0.717, 1.165) is 32.1 Å². The van der Waals surface area contributed by atoms with Gasteiger partial charge in [-0.3, -0.25) is 14.2 Å². The Labute approximate surface area is 543 Å². The molecule has 0 saturated carbocycles. The molecule has 0 saturated heterocycles. The molecule has 0 aliphatic heterocycles. The van der Waals surface area contributed by atoms with E-state index < -0.39 is 26.5 Å². The Morgan fingerprint density at radius 2 is 0.586 bits per heavy atom. The first-order chi connectivity index (χ1) is 42.5. The van der Waals surface area contributed by atoms with Crippen LogP contribution in [-0.2, 0) is 32.7 Å². The van der Waals surface area contributed by atoms with Gasteiger partial charge in [-0.15, -0.1) is 0 Å². The molecule has 9 nitrogen and oxygen atoms in total. The minimum Gasteiger partial charge on any atom is -0.756 e. The summed E-state index contributed by atoms with van der Waals surface area (Å²) in [4.78, 5) is 38.1. The quantitative estimate of drug-likeness (QED) is 0.0195. The fourth-order valence-electron chi connectivity index (χ4n) is 12.1. The van der Waals surface area contributed by atoms with Crippen LogP contribution in [0.5, 0.6) is 0 Å². The van der Waals surface area contributed by atoms with Crippen LogP contribution < -0.4 is 4.89 Å². The lowest BCUT2D eigenvalue weighted by atomic mass is 10.0. The third kappa shape index (κ3) is 73.7. The molecular formula is C77H152NO8P. The molecule has 518 valence electrons. The van der Waals surface area contributed by atoms with Gasteiger partial charge in [0.1, 0.15) is 19.8 Å². The zero-order valence-corrected chi connectivity index (χ0v) is 60.2. The second-order valence-electron chi connectivity index (χ2n) is 28.1. The molecule has 0 aliphatic rings. The van der Waals surface area contributed by atoms with E-state index in [2.05, 4.69) is 26.0 Å². The van der Waals surface area contributed by atoms with Crippen LogP contribution >= 0.6 is 7.82 Å². The van der Waals surface area contributed by atoms with Gasteiger partial charge in [-0.25, -0.2) is 0 Å². The molecule has 10 heteroatoms. The van der Waals surface area contributed by atoms with Gasteiger partial charge >= 0.3 is 11.9 Å². The summed E-state index contributed by atoms with van der Waals surface area (Å²) in [5.41, 5.74) is 0. The number of phosphoric ester groups is 1. The first-order valence-electron chi connectivity index (χ1n) is 38.9. The van der Waals surface area contributed by atoms with E-state index in [1.165, 1.54) is 353 Å². The number of esters is 2. The standard InChI is InChI=1S/C77H152NO8P/c1-6-8-10-12-14-16-18-20-22-24-26-28-30-32-34-35-36-37-38-39-40-41-42-43-44-46-48-50-52-54-56-58-60-62-64-66-68-70-77(80)86-75(74-85-87(81,82)84-72-71-78(3,4)5)73-83-76(79)69-67-65-63-61-59-57-55-53-51-49-47-45-33-31-29-27-25-23-21-19-17-15-13-11-9-7-2/h24,26,75H,6-23,25,27-74H2,1-5H3/b26-24-. The zero-order valence-electron chi connectivity index (χ0n) is 59.3. The molecule has 0 aromatic carbocycles. The lowest BCUT2D eigenvalue weighted by Crippen LogP contribution is -2.37. The lowest BCUT2D eigenvalue weighted by Gasteiger charge is -2.28. The van der Waals surface area contributed by atoms with Crippen LogP contribution in [0.2, 0.25) is 0 Å². The van der Waals surface area contributed by atoms with Crippen LogP contribution in [0.15, 0.2) is 12.2 Å². The maximum atomic E-state index is 12.9. The fourth-order valence-corrected chi connectivity index (χ4v) is 12.8. The van der Waals surface area contributed by atoms with Gasteiger partial charge in [0, 0.05) is 12.8 Å². The lowest BCUT2D eigenvalue weighted by molar-refractivity contribution is -0.870. The Morgan fingerprint density at radius 1 is 0.345 bits per heavy atom. The van der Waals surface area contributed by atoms with Gasteiger partial charge in [0.05, 0.1) is 27.7 Å². The SMILES string of the molecule is CCCCCCCCCC/C=C\CCCCCCCCCCCCCCCCCCCCCCCCCCCC(=O)OC(COC(=O)CCCCCCCCCCCCCCCCCCCCCCCCCCCC)COP(=O)([O-])OCC[N+](C)(C)C. The Hall–Kier alpha value is -1.25. The van der Waals surface area contributed by atoms with Crippen LogP contribution in [0.3, 0.4) is 0 Å². The van der Waals surface area contributed by atoms with E-state index in [-0.39, 0.29) is 32.0 Å². The van der Waals surface area contributed by atoms with Crippen molar-refractivity contribution in [1.82, 2.24) is 0 Å². The summed E-state index contributed by atoms with van der Waals surface area (Å²) in [7, 11) is 1.20. The molecule has 0 bridgehead atoms. The van der Waals surface area contributed by atoms with Crippen molar-refractivity contribution in [2.24, 2.45) is 0 Å². The average Bonchev–Trinajstić information content (AvgIpc) is 3.56. The van der Waals surface area contributed by atoms with Crippen molar-refractivity contribution in [3.8, 4) is 0 Å². The summed E-state index contributed by atoms with van der Waals surface area (Å²) in [5, 5.41) is 0. The third-order valence-corrected chi connectivity index (χ3v) is 19.0. The van der Waals surface area contributed by atoms with Gasteiger partial charge in [-0.05, 0) is 38.5 Å². The number of allylic oxidation sites excluding steroid dienone is 2. The summed E-state index contributed by atoms with van der Waals surface area (Å²) < 4.78 is 34.4. The first kappa shape index (κ1) is 85.8. The topological polar surface area (TPSA) is 111 Å². The molecule has 2 unspecified atom stereocenters. The molecule has 0 aromatic heterocycles. The number of unbranched alkanes of at least 4 members (excludes halogenated alkanes) is 58. The largest absolute Gasteiger partial charge is 0.756 e. The molecular weight excluding hydrogens is 1100 g/mol. The van der Waals surface area contributed by atoms with Crippen molar-refractivity contribution in [3.05, 3.63) is 12.2 Å². The van der Waals surface area contributed by atoms with Crippen molar-refractivity contribution < 1.29 is 42.1 Å². The van der Waals surface area contributed by atoms with Gasteiger partial charge in [0.25, 0.3) is 7.82 Å². The van der Waals surface area contributed by atoms with Crippen LogP contribution in [0.25, 0.3) is 0 Å². The number of hydrogen-bond donors (Lipinski definition) is 0. The van der Waals surface area contributed by atoms with Crippen LogP contribution in [0, 0.1) is 0 Å². The van der Waals surface area contributed by atoms with Crippen LogP contribution in [0.4, 0.5) is 0 Å². The smallest absolute Gasteiger partial charge is 0.306 e. The summed E-state index contributed by atoms with van der Waals surface area (Å²) in [6, 6.07) is 0. The summed E-state index contributed by atoms with van der Waals surface area (Å²) in [6.07, 6.45) is 86.2. The second-order valence-corrected chi connectivity index (χ2v) is 29.5. The van der Waals surface area contributed by atoms with Crippen molar-refractivity contribution in [2.45, 2.75) is 424 Å². The number of quaternary nitrogens is 1. The number of rotatable bonds is 74. The van der Waals surface area contributed by atoms with Gasteiger partial charge in [0.15, 0.2) is 6.10 Å². The molecule has 2 atom stereocenters. The average molecular weight is 1250 g/mol. The summed E-state index contributed by atoms with van der Waals surface area (Å²) >= 11 is 0. The number of likely N-dealkylation sites (N-methyl/N-ethyl adjacent to an activating group) is 1. The normalized spacial score (nSPS) is 13.0. The summed E-state index contributed by atoms with van der Waals surface area (Å²) in [5.74, 6) is -0.803. The minimum atomic E-state index is -4.64. The summed E-state index contributed by atoms with van der Waals surface area (Å²) in [6.45, 7) is 4.34. The number of carbonyl (C=O) groups excluding carboxylic acids is 2. The highest BCUT2D eigenvalue weighted by atomic mass is 31.2. The predicted octanol–water partition coefficient (Wildman–Crippen LogP) is 24.8. The van der Waals surface area contributed by atoms with Gasteiger partial charge < -0.3 is 27.9 Å². The zero-order chi connectivity index (χ0) is 63.4. The third-order valence-electron chi connectivity index (χ3n) is 18.0. The first-order valence-corrected chi connectivity index (χ1v) is 40.4. The van der Waals surface area contributed by atoms with E-state index in [1.54, 1.807) is 0 Å². The molecule has 0 amide bonds. The van der Waals surface area contributed by atoms with Crippen LogP contribution in [-0.4, -0.2) is 70.0 Å². The second kappa shape index (κ2) is 69.1. The Balaban J connectivity index is 3.89. The molecule has 87 heavy (non-hydrogen) atoms. The van der Waals surface area contributed by atoms with E-state index in [9.17, 15) is 19.0 Å². The number of hydrogen-bond acceptors (Lipinski definition) is 8. The highest BCUT2D eigenvalue weighted by Crippen LogP contribution is 2.38. The molecule has 0 aromatic rings. The van der Waals surface area contributed by atoms with Gasteiger partial charge in [-0.2, -0.15) is 0 Å². The molecule has 0 N–H and O–H groups in total. The molecule has 0 rings (SSSR count). The van der Waals surface area contributed by atoms with E-state index in [1.807, 2.05) is 21.1 Å². The molecule has 0 radical (unpaired) electrons. The van der Waals surface area contributed by atoms with E-state index in [0.29, 0.717) is 17.4 Å². The van der Waals surface area contributed by atoms with Crippen molar-refractivity contribution in [2.75, 3.05) is 47.5 Å². The monoisotopic (exact) mass is 1250 g/mol.